The van der Waals surface area contributed by atoms with Crippen molar-refractivity contribution >= 4 is 0 Å². The van der Waals surface area contributed by atoms with Crippen molar-refractivity contribution in [3.05, 3.63) is 35.4 Å². The molecule has 1 aromatic carbocycles. The van der Waals surface area contributed by atoms with Gasteiger partial charge in [-0.05, 0) is 43.1 Å². The third-order valence-electron chi connectivity index (χ3n) is 4.20. The Labute approximate surface area is 108 Å². The largest absolute Gasteiger partial charge is 0.263 e. The summed E-state index contributed by atoms with van der Waals surface area (Å²) in [6.07, 6.45) is 5.32. The predicted molar refractivity (Wildman–Crippen MR) is 71.0 cm³/mol. The minimum Gasteiger partial charge on any atom is -0.205 e. The summed E-state index contributed by atoms with van der Waals surface area (Å²) in [6, 6.07) is 6.95. The number of halogens is 2. The highest BCUT2D eigenvalue weighted by molar-refractivity contribution is 5.26. The van der Waals surface area contributed by atoms with Gasteiger partial charge in [-0.15, -0.1) is 0 Å². The van der Waals surface area contributed by atoms with Gasteiger partial charge in [0.15, 0.2) is 0 Å². The average molecular weight is 252 g/mol. The molecular formula is C16H22F2. The van der Waals surface area contributed by atoms with Crippen molar-refractivity contribution in [2.45, 2.75) is 57.8 Å². The van der Waals surface area contributed by atoms with Crippen molar-refractivity contribution in [1.29, 1.82) is 0 Å². The van der Waals surface area contributed by atoms with E-state index in [0.717, 1.165) is 5.92 Å². The van der Waals surface area contributed by atoms with E-state index >= 15 is 0 Å². The van der Waals surface area contributed by atoms with E-state index < -0.39 is 6.43 Å². The molecule has 0 atom stereocenters. The quantitative estimate of drug-likeness (QED) is 0.645. The minimum absolute atomic E-state index is 0.137. The summed E-state index contributed by atoms with van der Waals surface area (Å²) < 4.78 is 25.0. The molecule has 2 rings (SSSR count). The standard InChI is InChI=1S/C16H22F2/c1-2-3-12-4-6-13(7-5-12)14-8-10-15(11-9-14)16(17)18/h8-13,16H,2-7H2,1H3. The van der Waals surface area contributed by atoms with Crippen LogP contribution in [0.1, 0.15) is 68.9 Å². The maximum atomic E-state index is 12.5. The van der Waals surface area contributed by atoms with Gasteiger partial charge in [0.05, 0.1) is 0 Å². The number of hydrogen-bond donors (Lipinski definition) is 0. The first-order chi connectivity index (χ1) is 8.70. The molecule has 0 heterocycles. The van der Waals surface area contributed by atoms with Gasteiger partial charge in [0.1, 0.15) is 0 Å². The predicted octanol–water partition coefficient (Wildman–Crippen LogP) is 5.70. The molecule has 0 spiro atoms. The van der Waals surface area contributed by atoms with E-state index in [1.807, 2.05) is 12.1 Å². The first kappa shape index (κ1) is 13.5. The van der Waals surface area contributed by atoms with E-state index in [4.69, 9.17) is 0 Å². The molecule has 1 fully saturated rings. The molecule has 1 aromatic rings. The summed E-state index contributed by atoms with van der Waals surface area (Å²) in [4.78, 5) is 0. The Kier molecular flexibility index (Phi) is 4.73. The van der Waals surface area contributed by atoms with Crippen LogP contribution in [0.4, 0.5) is 8.78 Å². The van der Waals surface area contributed by atoms with E-state index in [0.29, 0.717) is 5.92 Å². The van der Waals surface area contributed by atoms with Gasteiger partial charge in [-0.3, -0.25) is 0 Å². The van der Waals surface area contributed by atoms with Gasteiger partial charge in [-0.1, -0.05) is 44.0 Å². The zero-order chi connectivity index (χ0) is 13.0. The molecule has 0 amide bonds. The highest BCUT2D eigenvalue weighted by atomic mass is 19.3. The van der Waals surface area contributed by atoms with E-state index in [1.165, 1.54) is 44.1 Å². The molecule has 0 bridgehead atoms. The molecule has 0 N–H and O–H groups in total. The Morgan fingerprint density at radius 1 is 1.06 bits per heavy atom. The molecule has 0 radical (unpaired) electrons. The van der Waals surface area contributed by atoms with Crippen molar-refractivity contribution in [3.8, 4) is 0 Å². The van der Waals surface area contributed by atoms with Crippen LogP contribution in [0.2, 0.25) is 0 Å². The normalized spacial score (nSPS) is 24.4. The van der Waals surface area contributed by atoms with E-state index in [1.54, 1.807) is 12.1 Å². The minimum atomic E-state index is -2.35. The third-order valence-corrected chi connectivity index (χ3v) is 4.20. The maximum Gasteiger partial charge on any atom is 0.263 e. The Morgan fingerprint density at radius 2 is 1.67 bits per heavy atom. The Bertz CT molecular complexity index is 348. The third kappa shape index (κ3) is 3.30. The lowest BCUT2D eigenvalue weighted by Gasteiger charge is -2.28. The van der Waals surface area contributed by atoms with Crippen LogP contribution in [0, 0.1) is 5.92 Å². The van der Waals surface area contributed by atoms with Gasteiger partial charge in [0.2, 0.25) is 0 Å². The first-order valence-electron chi connectivity index (χ1n) is 7.08. The number of alkyl halides is 2. The number of hydrogen-bond acceptors (Lipinski definition) is 0. The monoisotopic (exact) mass is 252 g/mol. The lowest BCUT2D eigenvalue weighted by molar-refractivity contribution is 0.151. The summed E-state index contributed by atoms with van der Waals surface area (Å²) in [7, 11) is 0. The molecule has 0 aromatic heterocycles. The van der Waals surface area contributed by atoms with Crippen LogP contribution < -0.4 is 0 Å². The molecule has 0 nitrogen and oxygen atoms in total. The summed E-state index contributed by atoms with van der Waals surface area (Å²) in [5, 5.41) is 0. The number of rotatable bonds is 4. The van der Waals surface area contributed by atoms with Crippen molar-refractivity contribution in [2.75, 3.05) is 0 Å². The molecule has 18 heavy (non-hydrogen) atoms. The molecule has 0 aliphatic heterocycles. The molecule has 0 saturated heterocycles. The summed E-state index contributed by atoms with van der Waals surface area (Å²) in [5.41, 5.74) is 1.38. The zero-order valence-corrected chi connectivity index (χ0v) is 11.0. The van der Waals surface area contributed by atoms with Crippen molar-refractivity contribution in [1.82, 2.24) is 0 Å². The van der Waals surface area contributed by atoms with Crippen LogP contribution in [0.3, 0.4) is 0 Å². The molecule has 1 saturated carbocycles. The molecule has 0 unspecified atom stereocenters. The van der Waals surface area contributed by atoms with Crippen LogP contribution in [0.25, 0.3) is 0 Å². The maximum absolute atomic E-state index is 12.5. The molecular weight excluding hydrogens is 230 g/mol. The van der Waals surface area contributed by atoms with Crippen LogP contribution >= 0.6 is 0 Å². The SMILES string of the molecule is CCCC1CCC(c2ccc(C(F)F)cc2)CC1. The van der Waals surface area contributed by atoms with Gasteiger partial charge in [-0.25, -0.2) is 8.78 Å². The Hall–Kier alpha value is -0.920. The second-order valence-corrected chi connectivity index (χ2v) is 5.47. The Morgan fingerprint density at radius 3 is 2.17 bits per heavy atom. The van der Waals surface area contributed by atoms with Crippen LogP contribution in [-0.4, -0.2) is 0 Å². The van der Waals surface area contributed by atoms with Crippen molar-refractivity contribution < 1.29 is 8.78 Å². The fourth-order valence-electron chi connectivity index (χ4n) is 3.11. The van der Waals surface area contributed by atoms with E-state index in [2.05, 4.69) is 6.92 Å². The number of benzene rings is 1. The highest BCUT2D eigenvalue weighted by Crippen LogP contribution is 2.37. The first-order valence-corrected chi connectivity index (χ1v) is 7.08. The molecule has 1 aliphatic carbocycles. The second kappa shape index (κ2) is 6.31. The summed E-state index contributed by atoms with van der Waals surface area (Å²) in [5.74, 6) is 1.48. The smallest absolute Gasteiger partial charge is 0.205 e. The van der Waals surface area contributed by atoms with Gasteiger partial charge in [-0.2, -0.15) is 0 Å². The highest BCUT2D eigenvalue weighted by Gasteiger charge is 2.21. The van der Waals surface area contributed by atoms with Gasteiger partial charge in [0, 0.05) is 5.56 Å². The van der Waals surface area contributed by atoms with Crippen LogP contribution in [0.15, 0.2) is 24.3 Å². The Balaban J connectivity index is 1.93. The van der Waals surface area contributed by atoms with E-state index in [-0.39, 0.29) is 5.56 Å². The fourth-order valence-corrected chi connectivity index (χ4v) is 3.11. The van der Waals surface area contributed by atoms with Gasteiger partial charge >= 0.3 is 0 Å². The lowest BCUT2D eigenvalue weighted by atomic mass is 9.77. The molecule has 100 valence electrons. The summed E-state index contributed by atoms with van der Waals surface area (Å²) in [6.45, 7) is 2.25. The van der Waals surface area contributed by atoms with Crippen LogP contribution in [-0.2, 0) is 0 Å². The lowest BCUT2D eigenvalue weighted by Crippen LogP contribution is -2.13. The van der Waals surface area contributed by atoms with Gasteiger partial charge in [0.25, 0.3) is 6.43 Å². The van der Waals surface area contributed by atoms with Crippen LogP contribution in [0.5, 0.6) is 0 Å². The summed E-state index contributed by atoms with van der Waals surface area (Å²) >= 11 is 0. The fraction of sp³-hybridized carbons (Fsp3) is 0.625. The average Bonchev–Trinajstić information content (AvgIpc) is 2.40. The van der Waals surface area contributed by atoms with Crippen molar-refractivity contribution in [2.24, 2.45) is 5.92 Å². The topological polar surface area (TPSA) is 0 Å². The van der Waals surface area contributed by atoms with Gasteiger partial charge < -0.3 is 0 Å². The zero-order valence-electron chi connectivity index (χ0n) is 11.0. The molecule has 1 aliphatic rings. The van der Waals surface area contributed by atoms with Crippen molar-refractivity contribution in [3.63, 3.8) is 0 Å². The second-order valence-electron chi connectivity index (χ2n) is 5.47. The van der Waals surface area contributed by atoms with E-state index in [9.17, 15) is 8.78 Å². The molecule has 2 heteroatoms.